The summed E-state index contributed by atoms with van der Waals surface area (Å²) in [5, 5.41) is 16.8. The first kappa shape index (κ1) is 15.3. The van der Waals surface area contributed by atoms with Gasteiger partial charge < -0.3 is 5.11 Å². The Labute approximate surface area is 137 Å². The summed E-state index contributed by atoms with van der Waals surface area (Å²) < 4.78 is 0. The molecule has 116 valence electrons. The second-order valence-electron chi connectivity index (χ2n) is 5.02. The van der Waals surface area contributed by atoms with Gasteiger partial charge in [-0.3, -0.25) is 5.10 Å². The molecule has 1 heterocycles. The molecule has 0 aliphatic rings. The van der Waals surface area contributed by atoms with E-state index < -0.39 is 5.97 Å². The highest BCUT2D eigenvalue weighted by atomic mass is 32.2. The largest absolute Gasteiger partial charge is 0.478 e. The molecule has 0 spiro atoms. The molecular formula is C17H15N3O2S. The van der Waals surface area contributed by atoms with Crippen molar-refractivity contribution in [1.82, 2.24) is 15.2 Å². The second-order valence-corrected chi connectivity index (χ2v) is 5.96. The highest BCUT2D eigenvalue weighted by Crippen LogP contribution is 2.20. The van der Waals surface area contributed by atoms with E-state index in [4.69, 9.17) is 5.11 Å². The van der Waals surface area contributed by atoms with E-state index in [2.05, 4.69) is 15.2 Å². The van der Waals surface area contributed by atoms with Crippen molar-refractivity contribution in [2.75, 3.05) is 0 Å². The van der Waals surface area contributed by atoms with Gasteiger partial charge in [-0.05, 0) is 23.3 Å². The van der Waals surface area contributed by atoms with Crippen molar-refractivity contribution < 1.29 is 9.90 Å². The number of benzene rings is 2. The van der Waals surface area contributed by atoms with Crippen LogP contribution in [0.25, 0.3) is 0 Å². The van der Waals surface area contributed by atoms with E-state index in [0.717, 1.165) is 11.4 Å². The molecule has 0 bridgehead atoms. The highest BCUT2D eigenvalue weighted by Gasteiger charge is 2.07. The number of thioether (sulfide) groups is 1. The zero-order chi connectivity index (χ0) is 16.1. The Hall–Kier alpha value is -2.60. The van der Waals surface area contributed by atoms with Gasteiger partial charge in [-0.1, -0.05) is 54.2 Å². The van der Waals surface area contributed by atoms with Crippen LogP contribution in [-0.4, -0.2) is 26.3 Å². The Morgan fingerprint density at radius 3 is 2.65 bits per heavy atom. The first-order valence-electron chi connectivity index (χ1n) is 7.11. The summed E-state index contributed by atoms with van der Waals surface area (Å²) in [4.78, 5) is 15.4. The fourth-order valence-electron chi connectivity index (χ4n) is 2.15. The lowest BCUT2D eigenvalue weighted by molar-refractivity contribution is 0.0697. The number of rotatable bonds is 6. The number of carboxylic acids is 1. The number of nitrogens with one attached hydrogen (secondary N) is 1. The van der Waals surface area contributed by atoms with Gasteiger partial charge in [0.1, 0.15) is 5.82 Å². The minimum absolute atomic E-state index is 0.294. The number of carbonyl (C=O) groups is 1. The molecule has 0 aliphatic heterocycles. The summed E-state index contributed by atoms with van der Waals surface area (Å²) in [5.41, 5.74) is 2.40. The average molecular weight is 325 g/mol. The first-order valence-corrected chi connectivity index (χ1v) is 8.09. The summed E-state index contributed by atoms with van der Waals surface area (Å²) in [6, 6.07) is 17.0. The number of hydrogen-bond donors (Lipinski definition) is 2. The van der Waals surface area contributed by atoms with Crippen LogP contribution in [0.3, 0.4) is 0 Å². The van der Waals surface area contributed by atoms with Crippen LogP contribution >= 0.6 is 11.8 Å². The van der Waals surface area contributed by atoms with Crippen molar-refractivity contribution in [3.63, 3.8) is 0 Å². The maximum absolute atomic E-state index is 11.0. The summed E-state index contributed by atoms with van der Waals surface area (Å²) in [6.45, 7) is 0. The number of aromatic nitrogens is 3. The number of carboxylic acid groups (broad SMARTS) is 1. The number of aromatic carboxylic acids is 1. The van der Waals surface area contributed by atoms with E-state index in [1.54, 1.807) is 18.2 Å². The molecule has 2 aromatic carbocycles. The number of nitrogens with zero attached hydrogens (tertiary/aromatic N) is 2. The van der Waals surface area contributed by atoms with Crippen LogP contribution in [0.5, 0.6) is 0 Å². The lowest BCUT2D eigenvalue weighted by Crippen LogP contribution is -1.96. The van der Waals surface area contributed by atoms with E-state index in [1.807, 2.05) is 36.4 Å². The Kier molecular flexibility index (Phi) is 4.73. The Balaban J connectivity index is 1.61. The summed E-state index contributed by atoms with van der Waals surface area (Å²) in [7, 11) is 0. The van der Waals surface area contributed by atoms with Crippen molar-refractivity contribution in [3.05, 3.63) is 77.1 Å². The van der Waals surface area contributed by atoms with Crippen molar-refractivity contribution in [3.8, 4) is 0 Å². The number of hydrogen-bond acceptors (Lipinski definition) is 4. The van der Waals surface area contributed by atoms with Crippen LogP contribution in [0, 0.1) is 0 Å². The van der Waals surface area contributed by atoms with E-state index in [1.165, 1.54) is 17.3 Å². The van der Waals surface area contributed by atoms with Gasteiger partial charge in [0.25, 0.3) is 0 Å². The summed E-state index contributed by atoms with van der Waals surface area (Å²) in [6.07, 6.45) is 0.711. The molecule has 5 nitrogen and oxygen atoms in total. The summed E-state index contributed by atoms with van der Waals surface area (Å²) in [5.74, 6) is 0.530. The lowest BCUT2D eigenvalue weighted by atomic mass is 10.1. The lowest BCUT2D eigenvalue weighted by Gasteiger charge is -2.00. The topological polar surface area (TPSA) is 78.9 Å². The van der Waals surface area contributed by atoms with Crippen molar-refractivity contribution in [2.45, 2.75) is 17.3 Å². The molecule has 6 heteroatoms. The van der Waals surface area contributed by atoms with Gasteiger partial charge in [-0.15, -0.1) is 5.10 Å². The highest BCUT2D eigenvalue weighted by molar-refractivity contribution is 7.98. The molecule has 0 aliphatic carbocycles. The molecule has 0 unspecified atom stereocenters. The molecule has 0 radical (unpaired) electrons. The van der Waals surface area contributed by atoms with Crippen LogP contribution in [-0.2, 0) is 12.2 Å². The van der Waals surface area contributed by atoms with E-state index >= 15 is 0 Å². The SMILES string of the molecule is O=C(O)c1cccc(CSc2n[nH]c(Cc3ccccc3)n2)c1. The molecule has 3 aromatic rings. The first-order chi connectivity index (χ1) is 11.2. The van der Waals surface area contributed by atoms with Gasteiger partial charge in [0.05, 0.1) is 5.56 Å². The molecule has 0 amide bonds. The third-order valence-corrected chi connectivity index (χ3v) is 4.19. The fourth-order valence-corrected chi connectivity index (χ4v) is 2.91. The van der Waals surface area contributed by atoms with Crippen LogP contribution in [0.4, 0.5) is 0 Å². The fraction of sp³-hybridized carbons (Fsp3) is 0.118. The number of H-pyrrole nitrogens is 1. The quantitative estimate of drug-likeness (QED) is 0.679. The minimum Gasteiger partial charge on any atom is -0.478 e. The minimum atomic E-state index is -0.917. The van der Waals surface area contributed by atoms with Gasteiger partial charge in [-0.25, -0.2) is 9.78 Å². The zero-order valence-corrected chi connectivity index (χ0v) is 13.1. The van der Waals surface area contributed by atoms with Gasteiger partial charge >= 0.3 is 5.97 Å². The van der Waals surface area contributed by atoms with Crippen LogP contribution < -0.4 is 0 Å². The standard InChI is InChI=1S/C17H15N3O2S/c21-16(22)14-8-4-7-13(9-14)11-23-17-18-15(19-20-17)10-12-5-2-1-3-6-12/h1-9H,10-11H2,(H,21,22)(H,18,19,20). The molecule has 3 rings (SSSR count). The maximum Gasteiger partial charge on any atom is 0.335 e. The van der Waals surface area contributed by atoms with E-state index in [0.29, 0.717) is 22.9 Å². The van der Waals surface area contributed by atoms with Crippen LogP contribution in [0.1, 0.15) is 27.3 Å². The van der Waals surface area contributed by atoms with Gasteiger partial charge in [0, 0.05) is 12.2 Å². The predicted octanol–water partition coefficient (Wildman–Crippen LogP) is 3.39. The van der Waals surface area contributed by atoms with Crippen LogP contribution in [0.15, 0.2) is 59.8 Å². The second kappa shape index (κ2) is 7.11. The third-order valence-electron chi connectivity index (χ3n) is 3.27. The van der Waals surface area contributed by atoms with Gasteiger partial charge in [0.2, 0.25) is 5.16 Å². The van der Waals surface area contributed by atoms with Gasteiger partial charge in [-0.2, -0.15) is 0 Å². The van der Waals surface area contributed by atoms with Crippen LogP contribution in [0.2, 0.25) is 0 Å². The Bertz CT molecular complexity index is 802. The molecule has 2 N–H and O–H groups in total. The molecule has 0 atom stereocenters. The Morgan fingerprint density at radius 2 is 1.87 bits per heavy atom. The molecule has 1 aromatic heterocycles. The maximum atomic E-state index is 11.0. The normalized spacial score (nSPS) is 10.6. The predicted molar refractivity (Wildman–Crippen MR) is 88.6 cm³/mol. The molecule has 23 heavy (non-hydrogen) atoms. The van der Waals surface area contributed by atoms with Crippen molar-refractivity contribution in [2.24, 2.45) is 0 Å². The Morgan fingerprint density at radius 1 is 1.09 bits per heavy atom. The molecule has 0 fully saturated rings. The van der Waals surface area contributed by atoms with Gasteiger partial charge in [0.15, 0.2) is 0 Å². The monoisotopic (exact) mass is 325 g/mol. The van der Waals surface area contributed by atoms with Crippen molar-refractivity contribution in [1.29, 1.82) is 0 Å². The zero-order valence-electron chi connectivity index (χ0n) is 12.3. The smallest absolute Gasteiger partial charge is 0.335 e. The van der Waals surface area contributed by atoms with E-state index in [9.17, 15) is 4.79 Å². The molecule has 0 saturated heterocycles. The third kappa shape index (κ3) is 4.20. The average Bonchev–Trinajstić information content (AvgIpc) is 3.01. The summed E-state index contributed by atoms with van der Waals surface area (Å²) >= 11 is 1.48. The van der Waals surface area contributed by atoms with Crippen molar-refractivity contribution >= 4 is 17.7 Å². The molecular weight excluding hydrogens is 310 g/mol. The molecule has 0 saturated carbocycles. The number of aromatic amines is 1. The van der Waals surface area contributed by atoms with E-state index in [-0.39, 0.29) is 0 Å².